The van der Waals surface area contributed by atoms with Crippen molar-refractivity contribution in [2.45, 2.75) is 37.8 Å². The van der Waals surface area contributed by atoms with Crippen LogP contribution in [0, 0.1) is 5.82 Å². The van der Waals surface area contributed by atoms with E-state index < -0.39 is 15.8 Å². The number of benzene rings is 1. The van der Waals surface area contributed by atoms with Gasteiger partial charge in [0.15, 0.2) is 0 Å². The van der Waals surface area contributed by atoms with E-state index in [4.69, 9.17) is 10.5 Å². The molecule has 0 spiro atoms. The van der Waals surface area contributed by atoms with Gasteiger partial charge in [-0.15, -0.1) is 0 Å². The lowest BCUT2D eigenvalue weighted by atomic mass is 10.2. The molecule has 1 unspecified atom stereocenters. The summed E-state index contributed by atoms with van der Waals surface area (Å²) in [6, 6.07) is 3.73. The molecule has 0 aliphatic rings. The number of nitrogens with two attached hydrogens (primary N) is 1. The van der Waals surface area contributed by atoms with E-state index in [1.165, 1.54) is 23.5 Å². The molecule has 1 rings (SSSR count). The highest BCUT2D eigenvalue weighted by Gasteiger charge is 2.30. The van der Waals surface area contributed by atoms with Crippen molar-refractivity contribution in [3.8, 4) is 0 Å². The molecule has 1 aromatic carbocycles. The first kappa shape index (κ1) is 18.0. The maximum Gasteiger partial charge on any atom is 0.246 e. The zero-order valence-corrected chi connectivity index (χ0v) is 13.5. The van der Waals surface area contributed by atoms with Crippen molar-refractivity contribution in [2.75, 3.05) is 20.3 Å². The monoisotopic (exact) mass is 318 g/mol. The smallest absolute Gasteiger partial charge is 0.246 e. The van der Waals surface area contributed by atoms with E-state index in [-0.39, 0.29) is 30.6 Å². The molecule has 21 heavy (non-hydrogen) atoms. The number of hydrogen-bond donors (Lipinski definition) is 1. The summed E-state index contributed by atoms with van der Waals surface area (Å²) in [6.45, 7) is 4.28. The molecule has 5 nitrogen and oxygen atoms in total. The van der Waals surface area contributed by atoms with Crippen LogP contribution in [0.25, 0.3) is 0 Å². The summed E-state index contributed by atoms with van der Waals surface area (Å²) in [4.78, 5) is -0.323. The third kappa shape index (κ3) is 4.23. The Morgan fingerprint density at radius 1 is 1.43 bits per heavy atom. The topological polar surface area (TPSA) is 72.6 Å². The van der Waals surface area contributed by atoms with Gasteiger partial charge in [0.1, 0.15) is 10.7 Å². The zero-order valence-electron chi connectivity index (χ0n) is 12.7. The van der Waals surface area contributed by atoms with Gasteiger partial charge in [-0.3, -0.25) is 0 Å². The average molecular weight is 318 g/mol. The first-order valence-corrected chi connectivity index (χ1v) is 8.31. The molecule has 1 aromatic rings. The summed E-state index contributed by atoms with van der Waals surface area (Å²) in [5.74, 6) is -0.774. The fourth-order valence-corrected chi connectivity index (χ4v) is 3.70. The molecule has 0 saturated heterocycles. The van der Waals surface area contributed by atoms with Crippen molar-refractivity contribution < 1.29 is 17.5 Å². The average Bonchev–Trinajstić information content (AvgIpc) is 2.46. The molecular formula is C14H23FN2O3S. The number of halogens is 1. The Hall–Kier alpha value is -1.02. The SMILES string of the molecule is CCC(C)N(CCOC)S(=O)(=O)c1ccc(CN)cc1F. The largest absolute Gasteiger partial charge is 0.383 e. The molecule has 0 amide bonds. The molecule has 0 heterocycles. The van der Waals surface area contributed by atoms with Crippen molar-refractivity contribution in [1.82, 2.24) is 4.31 Å². The van der Waals surface area contributed by atoms with Crippen LogP contribution >= 0.6 is 0 Å². The Kier molecular flexibility index (Phi) is 6.73. The Labute approximate surface area is 125 Å². The van der Waals surface area contributed by atoms with Crippen molar-refractivity contribution in [3.05, 3.63) is 29.6 Å². The summed E-state index contributed by atoms with van der Waals surface area (Å²) in [5.41, 5.74) is 5.98. The van der Waals surface area contributed by atoms with E-state index in [9.17, 15) is 12.8 Å². The first-order chi connectivity index (χ1) is 9.88. The second-order valence-corrected chi connectivity index (χ2v) is 6.69. The Morgan fingerprint density at radius 3 is 2.57 bits per heavy atom. The van der Waals surface area contributed by atoms with Gasteiger partial charge >= 0.3 is 0 Å². The molecule has 0 saturated carbocycles. The number of rotatable bonds is 8. The van der Waals surface area contributed by atoms with Crippen LogP contribution in [0.2, 0.25) is 0 Å². The van der Waals surface area contributed by atoms with Crippen molar-refractivity contribution >= 4 is 10.0 Å². The van der Waals surface area contributed by atoms with Crippen LogP contribution in [0.5, 0.6) is 0 Å². The highest BCUT2D eigenvalue weighted by molar-refractivity contribution is 7.89. The summed E-state index contributed by atoms with van der Waals surface area (Å²) >= 11 is 0. The van der Waals surface area contributed by atoms with Crippen LogP contribution in [0.1, 0.15) is 25.8 Å². The van der Waals surface area contributed by atoms with Crippen LogP contribution in [0.4, 0.5) is 4.39 Å². The minimum atomic E-state index is -3.90. The van der Waals surface area contributed by atoms with Crippen LogP contribution < -0.4 is 5.73 Å². The molecule has 7 heteroatoms. The molecule has 0 fully saturated rings. The summed E-state index contributed by atoms with van der Waals surface area (Å²) < 4.78 is 45.6. The lowest BCUT2D eigenvalue weighted by Gasteiger charge is -2.27. The van der Waals surface area contributed by atoms with E-state index >= 15 is 0 Å². The van der Waals surface area contributed by atoms with Gasteiger partial charge in [-0.25, -0.2) is 12.8 Å². The van der Waals surface area contributed by atoms with Gasteiger partial charge in [-0.1, -0.05) is 13.0 Å². The first-order valence-electron chi connectivity index (χ1n) is 6.87. The van der Waals surface area contributed by atoms with Gasteiger partial charge in [-0.05, 0) is 31.0 Å². The van der Waals surface area contributed by atoms with E-state index in [1.807, 2.05) is 6.92 Å². The van der Waals surface area contributed by atoms with Crippen molar-refractivity contribution in [2.24, 2.45) is 5.73 Å². The number of nitrogens with zero attached hydrogens (tertiary/aromatic N) is 1. The van der Waals surface area contributed by atoms with Crippen molar-refractivity contribution in [1.29, 1.82) is 0 Å². The van der Waals surface area contributed by atoms with E-state index in [1.54, 1.807) is 6.92 Å². The number of hydrogen-bond acceptors (Lipinski definition) is 4. The van der Waals surface area contributed by atoms with Crippen LogP contribution in [-0.2, 0) is 21.3 Å². The molecule has 1 atom stereocenters. The Balaban J connectivity index is 3.21. The van der Waals surface area contributed by atoms with Gasteiger partial charge in [-0.2, -0.15) is 4.31 Å². The predicted octanol–water partition coefficient (Wildman–Crippen LogP) is 1.72. The zero-order chi connectivity index (χ0) is 16.0. The summed E-state index contributed by atoms with van der Waals surface area (Å²) in [6.07, 6.45) is 0.630. The third-order valence-electron chi connectivity index (χ3n) is 3.42. The summed E-state index contributed by atoms with van der Waals surface area (Å²) in [5, 5.41) is 0. The second-order valence-electron chi connectivity index (χ2n) is 4.83. The van der Waals surface area contributed by atoms with E-state index in [2.05, 4.69) is 0 Å². The highest BCUT2D eigenvalue weighted by atomic mass is 32.2. The molecule has 0 bridgehead atoms. The minimum Gasteiger partial charge on any atom is -0.383 e. The number of sulfonamides is 1. The standard InChI is InChI=1S/C14H23FN2O3S/c1-4-11(2)17(7-8-20-3)21(18,19)14-6-5-12(10-16)9-13(14)15/h5-6,9,11H,4,7-8,10,16H2,1-3H3. The van der Waals surface area contributed by atoms with Crippen LogP contribution in [0.15, 0.2) is 23.1 Å². The van der Waals surface area contributed by atoms with Gasteiger partial charge in [0.2, 0.25) is 10.0 Å². The predicted molar refractivity (Wildman–Crippen MR) is 79.8 cm³/mol. The molecule has 120 valence electrons. The third-order valence-corrected chi connectivity index (χ3v) is 5.46. The Bertz CT molecular complexity index is 563. The maximum absolute atomic E-state index is 14.1. The molecule has 0 aromatic heterocycles. The molecular weight excluding hydrogens is 295 g/mol. The van der Waals surface area contributed by atoms with Crippen LogP contribution in [0.3, 0.4) is 0 Å². The molecule has 0 aliphatic heterocycles. The lowest BCUT2D eigenvalue weighted by Crippen LogP contribution is -2.40. The highest BCUT2D eigenvalue weighted by Crippen LogP contribution is 2.23. The van der Waals surface area contributed by atoms with Gasteiger partial charge in [0, 0.05) is 26.2 Å². The fraction of sp³-hybridized carbons (Fsp3) is 0.571. The van der Waals surface area contributed by atoms with Gasteiger partial charge < -0.3 is 10.5 Å². The second kappa shape index (κ2) is 7.84. The van der Waals surface area contributed by atoms with E-state index in [0.717, 1.165) is 6.07 Å². The van der Waals surface area contributed by atoms with Crippen molar-refractivity contribution in [3.63, 3.8) is 0 Å². The molecule has 2 N–H and O–H groups in total. The molecule has 0 aliphatic carbocycles. The van der Waals surface area contributed by atoms with Crippen LogP contribution in [-0.4, -0.2) is 39.0 Å². The normalized spacial score (nSPS) is 13.6. The number of methoxy groups -OCH3 is 1. The quantitative estimate of drug-likeness (QED) is 0.792. The van der Waals surface area contributed by atoms with Gasteiger partial charge in [0.05, 0.1) is 6.61 Å². The minimum absolute atomic E-state index is 0.163. The van der Waals surface area contributed by atoms with Gasteiger partial charge in [0.25, 0.3) is 0 Å². The number of ether oxygens (including phenoxy) is 1. The molecule has 0 radical (unpaired) electrons. The summed E-state index contributed by atoms with van der Waals surface area (Å²) in [7, 11) is -2.40. The van der Waals surface area contributed by atoms with E-state index in [0.29, 0.717) is 12.0 Å². The Morgan fingerprint density at radius 2 is 2.10 bits per heavy atom. The lowest BCUT2D eigenvalue weighted by molar-refractivity contribution is 0.167. The maximum atomic E-state index is 14.1. The fourth-order valence-electron chi connectivity index (χ4n) is 1.97.